The zero-order chi connectivity index (χ0) is 10.4. The monoisotopic (exact) mass is 190 g/mol. The zero-order valence-electron chi connectivity index (χ0n) is 7.79. The second kappa shape index (κ2) is 5.17. The van der Waals surface area contributed by atoms with Crippen LogP contribution in [0.1, 0.15) is 0 Å². The van der Waals surface area contributed by atoms with Gasteiger partial charge in [-0.3, -0.25) is 10.4 Å². The summed E-state index contributed by atoms with van der Waals surface area (Å²) in [5.41, 5.74) is 6.87. The minimum atomic E-state index is -0.589. The number of nitrogens with one attached hydrogen (secondary N) is 3. The molecule has 5 N–H and O–H groups in total. The van der Waals surface area contributed by atoms with Gasteiger partial charge in [-0.1, -0.05) is 0 Å². The van der Waals surface area contributed by atoms with Gasteiger partial charge in [-0.2, -0.15) is 0 Å². The molecule has 0 aliphatic heterocycles. The van der Waals surface area contributed by atoms with Crippen LogP contribution in [0.3, 0.4) is 0 Å². The van der Waals surface area contributed by atoms with Crippen molar-refractivity contribution in [3.05, 3.63) is 0 Å². The van der Waals surface area contributed by atoms with Gasteiger partial charge in [0, 0.05) is 21.1 Å². The van der Waals surface area contributed by atoms with E-state index in [-0.39, 0.29) is 0 Å². The molecule has 8 nitrogen and oxygen atoms in total. The lowest BCUT2D eigenvalue weighted by atomic mass is 10.9. The van der Waals surface area contributed by atoms with Crippen molar-refractivity contribution in [2.75, 3.05) is 21.1 Å². The molecule has 8 heteroatoms. The fourth-order valence-electron chi connectivity index (χ4n) is 0.464. The number of hydrogen-bond donors (Lipinski definition) is 4. The van der Waals surface area contributed by atoms with E-state index in [1.165, 1.54) is 21.1 Å². The number of amides is 4. The van der Waals surface area contributed by atoms with Crippen LogP contribution >= 0.6 is 0 Å². The average Bonchev–Trinajstić information content (AvgIpc) is 2.04. The normalized spacial score (nSPS) is 8.92. The first-order valence-electron chi connectivity index (χ1n) is 3.48. The number of nitrogens with two attached hydrogens (primary N) is 1. The molecule has 0 aromatic rings. The Labute approximate surface area is 75.9 Å². The fraction of sp³-hybridized carbons (Fsp3) is 0.600. The molecule has 0 aliphatic carbocycles. The highest BCUT2D eigenvalue weighted by molar-refractivity contribution is 5.79. The summed E-state index contributed by atoms with van der Waals surface area (Å²) < 4.78 is 0. The van der Waals surface area contributed by atoms with Crippen molar-refractivity contribution < 1.29 is 9.59 Å². The molecule has 0 radical (unpaired) electrons. The van der Waals surface area contributed by atoms with Gasteiger partial charge in [0.05, 0.1) is 0 Å². The largest absolute Gasteiger partial charge is 0.350 e. The van der Waals surface area contributed by atoms with Crippen molar-refractivity contribution in [1.82, 2.24) is 26.3 Å². The number of hydrazine groups is 3. The third kappa shape index (κ3) is 4.13. The zero-order valence-corrected chi connectivity index (χ0v) is 7.79. The maximum Gasteiger partial charge on any atom is 0.350 e. The molecule has 0 heterocycles. The Morgan fingerprint density at radius 2 is 1.77 bits per heavy atom. The Bertz CT molecular complexity index is 193. The maximum absolute atomic E-state index is 11.0. The van der Waals surface area contributed by atoms with Crippen LogP contribution in [-0.2, 0) is 0 Å². The highest BCUT2D eigenvalue weighted by Crippen LogP contribution is 1.79. The summed E-state index contributed by atoms with van der Waals surface area (Å²) in [6.45, 7) is 0. The molecule has 0 bridgehead atoms. The van der Waals surface area contributed by atoms with Crippen LogP contribution in [0, 0.1) is 0 Å². The molecule has 0 aliphatic rings. The van der Waals surface area contributed by atoms with Gasteiger partial charge in [0.1, 0.15) is 0 Å². The molecule has 76 valence electrons. The van der Waals surface area contributed by atoms with E-state index < -0.39 is 12.1 Å². The Morgan fingerprint density at radius 1 is 1.23 bits per heavy atom. The smallest absolute Gasteiger partial charge is 0.272 e. The summed E-state index contributed by atoms with van der Waals surface area (Å²) in [6.07, 6.45) is 0. The Balaban J connectivity index is 3.92. The van der Waals surface area contributed by atoms with Crippen LogP contribution in [0.4, 0.5) is 9.59 Å². The maximum atomic E-state index is 11.0. The molecule has 0 spiro atoms. The van der Waals surface area contributed by atoms with E-state index in [2.05, 4.69) is 16.3 Å². The molecule has 0 saturated carbocycles. The number of hydrogen-bond acceptors (Lipinski definition) is 4. The van der Waals surface area contributed by atoms with Crippen LogP contribution < -0.4 is 22.1 Å². The number of urea groups is 2. The highest BCUT2D eigenvalue weighted by atomic mass is 16.2. The van der Waals surface area contributed by atoms with Crippen molar-refractivity contribution >= 4 is 12.1 Å². The standard InChI is InChI=1S/C5H14N6O2/c1-7-8-4(12)11(3)9-5(13)10(2)6/h7H,6H2,1-3H3,(H,8,12)(H,9,13). The van der Waals surface area contributed by atoms with Gasteiger partial charge in [-0.05, 0) is 0 Å². The fourth-order valence-corrected chi connectivity index (χ4v) is 0.464. The third-order valence-corrected chi connectivity index (χ3v) is 1.12. The second-order valence-corrected chi connectivity index (χ2v) is 2.27. The SMILES string of the molecule is CNNC(=O)N(C)NC(=O)N(C)N. The summed E-state index contributed by atoms with van der Waals surface area (Å²) in [4.78, 5) is 21.9. The summed E-state index contributed by atoms with van der Waals surface area (Å²) >= 11 is 0. The van der Waals surface area contributed by atoms with Crippen LogP contribution in [0.25, 0.3) is 0 Å². The van der Waals surface area contributed by atoms with E-state index in [4.69, 9.17) is 5.84 Å². The molecule has 0 unspecified atom stereocenters. The molecule has 0 saturated heterocycles. The van der Waals surface area contributed by atoms with E-state index in [1.807, 2.05) is 0 Å². The predicted molar refractivity (Wildman–Crippen MR) is 45.8 cm³/mol. The molecule has 13 heavy (non-hydrogen) atoms. The summed E-state index contributed by atoms with van der Waals surface area (Å²) in [6, 6.07) is -1.09. The number of carbonyl (C=O) groups is 2. The highest BCUT2D eigenvalue weighted by Gasteiger charge is 2.11. The Morgan fingerprint density at radius 3 is 2.15 bits per heavy atom. The summed E-state index contributed by atoms with van der Waals surface area (Å²) in [5.74, 6) is 5.11. The van der Waals surface area contributed by atoms with E-state index in [9.17, 15) is 9.59 Å². The number of nitrogens with zero attached hydrogens (tertiary/aromatic N) is 2. The van der Waals surface area contributed by atoms with E-state index in [0.29, 0.717) is 0 Å². The van der Waals surface area contributed by atoms with Gasteiger partial charge in [0.2, 0.25) is 0 Å². The molecule has 0 fully saturated rings. The van der Waals surface area contributed by atoms with Crippen molar-refractivity contribution in [3.63, 3.8) is 0 Å². The van der Waals surface area contributed by atoms with Crippen molar-refractivity contribution in [1.29, 1.82) is 0 Å². The lowest BCUT2D eigenvalue weighted by Crippen LogP contribution is -2.54. The van der Waals surface area contributed by atoms with Gasteiger partial charge in [-0.25, -0.2) is 31.3 Å². The van der Waals surface area contributed by atoms with Crippen LogP contribution in [0.5, 0.6) is 0 Å². The molecule has 0 aromatic heterocycles. The lowest BCUT2D eigenvalue weighted by Gasteiger charge is -2.20. The van der Waals surface area contributed by atoms with Crippen molar-refractivity contribution in [2.45, 2.75) is 0 Å². The minimum absolute atomic E-state index is 0.502. The predicted octanol–water partition coefficient (Wildman–Crippen LogP) is -1.81. The minimum Gasteiger partial charge on any atom is -0.272 e. The van der Waals surface area contributed by atoms with Gasteiger partial charge >= 0.3 is 12.1 Å². The quantitative estimate of drug-likeness (QED) is 0.222. The molecule has 0 aromatic carbocycles. The van der Waals surface area contributed by atoms with Crippen LogP contribution in [-0.4, -0.2) is 43.2 Å². The third-order valence-electron chi connectivity index (χ3n) is 1.12. The molecule has 0 rings (SSSR count). The number of carbonyl (C=O) groups excluding carboxylic acids is 2. The first kappa shape index (κ1) is 11.5. The van der Waals surface area contributed by atoms with Gasteiger partial charge < -0.3 is 0 Å². The summed E-state index contributed by atoms with van der Waals surface area (Å²) in [7, 11) is 4.27. The lowest BCUT2D eigenvalue weighted by molar-refractivity contribution is 0.163. The molecule has 0 atom stereocenters. The van der Waals surface area contributed by atoms with E-state index in [1.54, 1.807) is 0 Å². The van der Waals surface area contributed by atoms with Crippen molar-refractivity contribution in [3.8, 4) is 0 Å². The van der Waals surface area contributed by atoms with E-state index in [0.717, 1.165) is 10.0 Å². The number of rotatable bonds is 1. The Hall–Kier alpha value is -1.54. The molecule has 4 amide bonds. The topological polar surface area (TPSA) is 103 Å². The van der Waals surface area contributed by atoms with Gasteiger partial charge in [0.15, 0.2) is 0 Å². The van der Waals surface area contributed by atoms with Gasteiger partial charge in [-0.15, -0.1) is 0 Å². The molecular weight excluding hydrogens is 176 g/mol. The van der Waals surface area contributed by atoms with Crippen molar-refractivity contribution in [2.24, 2.45) is 5.84 Å². The van der Waals surface area contributed by atoms with Gasteiger partial charge in [0.25, 0.3) is 0 Å². The summed E-state index contributed by atoms with van der Waals surface area (Å²) in [5, 5.41) is 1.78. The van der Waals surface area contributed by atoms with E-state index >= 15 is 0 Å². The van der Waals surface area contributed by atoms with Crippen LogP contribution in [0.15, 0.2) is 0 Å². The van der Waals surface area contributed by atoms with Crippen LogP contribution in [0.2, 0.25) is 0 Å². The average molecular weight is 190 g/mol. The Kier molecular flexibility index (Phi) is 4.55. The first-order valence-corrected chi connectivity index (χ1v) is 3.48. The first-order chi connectivity index (χ1) is 5.99. The molecular formula is C5H14N6O2. The second-order valence-electron chi connectivity index (χ2n) is 2.27.